The minimum absolute atomic E-state index is 0.0796. The summed E-state index contributed by atoms with van der Waals surface area (Å²) in [5.41, 5.74) is 13.7. The molecule has 2 saturated carbocycles. The van der Waals surface area contributed by atoms with Crippen LogP contribution in [-0.4, -0.2) is 39.5 Å². The minimum Gasteiger partial charge on any atom is -0.426 e. The molecule has 320 valence electrons. The van der Waals surface area contributed by atoms with E-state index in [2.05, 4.69) is 13.8 Å². The van der Waals surface area contributed by atoms with Crippen molar-refractivity contribution in [1.82, 2.24) is 0 Å². The molecule has 0 radical (unpaired) electrons. The quantitative estimate of drug-likeness (QED) is 0.0281. The second kappa shape index (κ2) is 20.1. The van der Waals surface area contributed by atoms with Crippen LogP contribution in [0.3, 0.4) is 0 Å². The number of anilines is 2. The Labute approximate surface area is 358 Å². The van der Waals surface area contributed by atoms with Crippen molar-refractivity contribution in [2.75, 3.05) is 11.5 Å². The van der Waals surface area contributed by atoms with Gasteiger partial charge in [0.2, 0.25) is 11.6 Å². The zero-order chi connectivity index (χ0) is 43.6. The average Bonchev–Trinajstić information content (AvgIpc) is 3.25. The predicted octanol–water partition coefficient (Wildman–Crippen LogP) is 8.72. The first kappa shape index (κ1) is 44.7. The van der Waals surface area contributed by atoms with E-state index < -0.39 is 29.2 Å². The fourth-order valence-electron chi connectivity index (χ4n) is 8.43. The molecule has 0 bridgehead atoms. The number of allylic oxidation sites excluding steroid dienone is 1. The molecule has 10 heteroatoms. The fourth-order valence-corrected chi connectivity index (χ4v) is 8.43. The largest absolute Gasteiger partial charge is 0.426 e. The van der Waals surface area contributed by atoms with Crippen LogP contribution in [0.5, 0.6) is 11.5 Å². The molecule has 6 rings (SSSR count). The Bertz CT molecular complexity index is 2130. The van der Waals surface area contributed by atoms with Crippen molar-refractivity contribution in [2.24, 2.45) is 29.1 Å². The molecule has 0 unspecified atom stereocenters. The maximum atomic E-state index is 14.1. The van der Waals surface area contributed by atoms with Crippen LogP contribution in [-0.2, 0) is 32.0 Å². The lowest BCUT2D eigenvalue weighted by atomic mass is 9.65. The molecule has 2 aliphatic carbocycles. The van der Waals surface area contributed by atoms with Gasteiger partial charge in [-0.25, -0.2) is 0 Å². The maximum Gasteiger partial charge on any atom is 0.314 e. The molecule has 0 amide bonds. The van der Waals surface area contributed by atoms with Crippen LogP contribution < -0.4 is 20.9 Å². The highest BCUT2D eigenvalue weighted by molar-refractivity contribution is 6.01. The number of hydrogen-bond donors (Lipinski definition) is 4. The highest BCUT2D eigenvalue weighted by Gasteiger charge is 2.54. The van der Waals surface area contributed by atoms with Crippen molar-refractivity contribution in [2.45, 2.75) is 90.3 Å². The number of aliphatic hydroxyl groups is 2. The fraction of sp³-hybridized carbons (Fsp3) is 0.373. The Morgan fingerprint density at radius 2 is 0.951 bits per heavy atom. The van der Waals surface area contributed by atoms with E-state index in [0.717, 1.165) is 57.4 Å². The number of nitrogen functional groups attached to an aromatic ring is 2. The molecule has 0 aliphatic heterocycles. The Morgan fingerprint density at radius 3 is 1.34 bits per heavy atom. The highest BCUT2D eigenvalue weighted by Crippen LogP contribution is 2.43. The van der Waals surface area contributed by atoms with E-state index in [0.29, 0.717) is 57.0 Å². The van der Waals surface area contributed by atoms with E-state index >= 15 is 0 Å². The number of carbonyl (C=O) groups excluding carboxylic acids is 4. The molecular weight excluding hydrogens is 769 g/mol. The SMILES string of the molecule is CC1CCC(C(=O)Oc2ccc(C=CC(=O)CC(Cc3ccc(N)cc3)(Cc3ccc(N)cc3)C(O)(O)C(=O)C=Cc3ccc(OC(=O)C4CCC(C)CC4)cc3)cc2)CC1. The van der Waals surface area contributed by atoms with Gasteiger partial charge in [-0.3, -0.25) is 19.2 Å². The number of hydrogen-bond acceptors (Lipinski definition) is 10. The molecule has 0 spiro atoms. The van der Waals surface area contributed by atoms with E-state index in [1.165, 1.54) is 12.2 Å². The number of ether oxygens (including phenoxy) is 2. The maximum absolute atomic E-state index is 14.1. The summed E-state index contributed by atoms with van der Waals surface area (Å²) in [5, 5.41) is 24.3. The first-order chi connectivity index (χ1) is 29.2. The summed E-state index contributed by atoms with van der Waals surface area (Å²) < 4.78 is 11.3. The number of rotatable bonds is 16. The van der Waals surface area contributed by atoms with E-state index in [4.69, 9.17) is 20.9 Å². The molecule has 4 aromatic carbocycles. The van der Waals surface area contributed by atoms with Gasteiger partial charge in [-0.2, -0.15) is 0 Å². The summed E-state index contributed by atoms with van der Waals surface area (Å²) >= 11 is 0. The molecule has 4 aromatic rings. The monoisotopic (exact) mass is 826 g/mol. The van der Waals surface area contributed by atoms with Crippen molar-refractivity contribution >= 4 is 47.0 Å². The predicted molar refractivity (Wildman–Crippen MR) is 238 cm³/mol. The first-order valence-electron chi connectivity index (χ1n) is 21.4. The van der Waals surface area contributed by atoms with Crippen LogP contribution in [0.2, 0.25) is 0 Å². The van der Waals surface area contributed by atoms with Gasteiger partial charge >= 0.3 is 11.9 Å². The van der Waals surface area contributed by atoms with Gasteiger partial charge in [0.25, 0.3) is 0 Å². The van der Waals surface area contributed by atoms with E-state index in [1.807, 2.05) is 0 Å². The number of nitrogens with two attached hydrogens (primary N) is 2. The van der Waals surface area contributed by atoms with Crippen LogP contribution in [0, 0.1) is 29.1 Å². The normalized spacial score (nSPS) is 19.7. The van der Waals surface area contributed by atoms with Crippen molar-refractivity contribution < 1.29 is 38.9 Å². The van der Waals surface area contributed by atoms with Gasteiger partial charge in [0, 0.05) is 23.2 Å². The zero-order valence-corrected chi connectivity index (χ0v) is 35.1. The molecular formula is C51H58N2O8. The Morgan fingerprint density at radius 1 is 0.574 bits per heavy atom. The van der Waals surface area contributed by atoms with Crippen LogP contribution in [0.15, 0.2) is 109 Å². The van der Waals surface area contributed by atoms with Crippen LogP contribution in [0.4, 0.5) is 11.4 Å². The number of benzene rings is 4. The lowest BCUT2D eigenvalue weighted by molar-refractivity contribution is -0.230. The van der Waals surface area contributed by atoms with Gasteiger partial charge in [0.1, 0.15) is 11.5 Å². The highest BCUT2D eigenvalue weighted by atomic mass is 16.5. The number of carbonyl (C=O) groups is 4. The third-order valence-corrected chi connectivity index (χ3v) is 12.4. The van der Waals surface area contributed by atoms with Gasteiger partial charge in [-0.05, 0) is 159 Å². The smallest absolute Gasteiger partial charge is 0.314 e. The Hall–Kier alpha value is -5.84. The van der Waals surface area contributed by atoms with Crippen molar-refractivity contribution in [3.63, 3.8) is 0 Å². The van der Waals surface area contributed by atoms with Gasteiger partial charge in [-0.1, -0.05) is 74.5 Å². The third-order valence-electron chi connectivity index (χ3n) is 12.4. The summed E-state index contributed by atoms with van der Waals surface area (Å²) in [7, 11) is 0. The topological polar surface area (TPSA) is 179 Å². The molecule has 2 fully saturated rings. The summed E-state index contributed by atoms with van der Waals surface area (Å²) in [5.74, 6) is -3.22. The average molecular weight is 827 g/mol. The Balaban J connectivity index is 1.22. The van der Waals surface area contributed by atoms with E-state index in [-0.39, 0.29) is 36.6 Å². The molecule has 2 aliphatic rings. The molecule has 0 saturated heterocycles. The van der Waals surface area contributed by atoms with Crippen LogP contribution in [0.1, 0.15) is 93.9 Å². The summed E-state index contributed by atoms with van der Waals surface area (Å²) in [4.78, 5) is 53.7. The molecule has 6 N–H and O–H groups in total. The molecule has 0 atom stereocenters. The molecule has 0 aromatic heterocycles. The van der Waals surface area contributed by atoms with Crippen molar-refractivity contribution in [3.05, 3.63) is 131 Å². The molecule has 10 nitrogen and oxygen atoms in total. The molecule has 61 heavy (non-hydrogen) atoms. The number of esters is 2. The second-order valence-corrected chi connectivity index (χ2v) is 17.4. The number of ketones is 2. The summed E-state index contributed by atoms with van der Waals surface area (Å²) in [6, 6.07) is 27.1. The Kier molecular flexibility index (Phi) is 14.8. The van der Waals surface area contributed by atoms with E-state index in [1.54, 1.807) is 103 Å². The lowest BCUT2D eigenvalue weighted by Gasteiger charge is -2.42. The van der Waals surface area contributed by atoms with Gasteiger partial charge in [0.05, 0.1) is 11.8 Å². The molecule has 0 heterocycles. The second-order valence-electron chi connectivity index (χ2n) is 17.4. The third kappa shape index (κ3) is 12.1. The zero-order valence-electron chi connectivity index (χ0n) is 35.1. The van der Waals surface area contributed by atoms with Crippen LogP contribution >= 0.6 is 0 Å². The standard InChI is InChI=1S/C51H58N2O8/c1-34-3-17-40(18-4-34)48(56)60-45-26-12-36(13-27-45)11-25-44(54)33-50(31-38-7-21-42(52)22-8-38,32-39-9-23-43(53)24-10-39)51(58,59)47(55)30-16-37-14-28-46(29-15-37)61-49(57)41-19-5-35(2)6-20-41/h7-16,21-30,34-35,40-41,58-59H,3-6,17-20,31-33,52-53H2,1-2H3. The first-order valence-corrected chi connectivity index (χ1v) is 21.4. The van der Waals surface area contributed by atoms with Gasteiger partial charge in [0.15, 0.2) is 5.78 Å². The van der Waals surface area contributed by atoms with Gasteiger partial charge < -0.3 is 31.2 Å². The van der Waals surface area contributed by atoms with Gasteiger partial charge in [-0.15, -0.1) is 0 Å². The van der Waals surface area contributed by atoms with E-state index in [9.17, 15) is 29.4 Å². The van der Waals surface area contributed by atoms with Crippen LogP contribution in [0.25, 0.3) is 12.2 Å². The summed E-state index contributed by atoms with van der Waals surface area (Å²) in [6.07, 6.45) is 12.2. The van der Waals surface area contributed by atoms with Crippen molar-refractivity contribution in [3.8, 4) is 11.5 Å². The minimum atomic E-state index is -3.05. The summed E-state index contributed by atoms with van der Waals surface area (Å²) in [6.45, 7) is 4.39. The van der Waals surface area contributed by atoms with Crippen molar-refractivity contribution in [1.29, 1.82) is 0 Å². The lowest BCUT2D eigenvalue weighted by Crippen LogP contribution is -2.57.